The molecular weight excluding hydrogens is 258 g/mol. The minimum Gasteiger partial charge on any atom is -0.365 e. The molecule has 5 heteroatoms. The number of carbonyl (C=O) groups excluding carboxylic acids is 1. The van der Waals surface area contributed by atoms with Gasteiger partial charge in [0.1, 0.15) is 6.10 Å². The topological polar surface area (TPSA) is 56.8 Å². The number of hydrogen-bond acceptors (Lipinski definition) is 4. The second-order valence-electron chi connectivity index (χ2n) is 6.22. The maximum absolute atomic E-state index is 11.9. The van der Waals surface area contributed by atoms with Gasteiger partial charge in [0.15, 0.2) is 5.79 Å². The molecule has 0 aromatic rings. The summed E-state index contributed by atoms with van der Waals surface area (Å²) < 4.78 is 17.2. The van der Waals surface area contributed by atoms with Crippen molar-refractivity contribution in [2.24, 2.45) is 5.92 Å². The van der Waals surface area contributed by atoms with Gasteiger partial charge in [-0.2, -0.15) is 0 Å². The average molecular weight is 285 g/mol. The predicted molar refractivity (Wildman–Crippen MR) is 75.3 cm³/mol. The van der Waals surface area contributed by atoms with E-state index in [1.165, 1.54) is 0 Å². The Labute approximate surface area is 121 Å². The van der Waals surface area contributed by atoms with E-state index in [0.717, 1.165) is 25.7 Å². The van der Waals surface area contributed by atoms with Crippen LogP contribution in [-0.2, 0) is 19.0 Å². The standard InChI is InChI=1S/C15H27NO4/c1-11(2)10-16-14(17)12(3)20-13-4-6-15(7-5-13)18-8-9-19-15/h11-13H,4-10H2,1-3H3,(H,16,17). The summed E-state index contributed by atoms with van der Waals surface area (Å²) in [5, 5.41) is 2.91. The van der Waals surface area contributed by atoms with Crippen molar-refractivity contribution < 1.29 is 19.0 Å². The van der Waals surface area contributed by atoms with Crippen molar-refractivity contribution in [1.82, 2.24) is 5.32 Å². The van der Waals surface area contributed by atoms with Crippen LogP contribution in [-0.4, -0.2) is 43.7 Å². The van der Waals surface area contributed by atoms with E-state index in [0.29, 0.717) is 25.7 Å². The van der Waals surface area contributed by atoms with Crippen molar-refractivity contribution >= 4 is 5.91 Å². The Morgan fingerprint density at radius 3 is 2.40 bits per heavy atom. The van der Waals surface area contributed by atoms with Crippen LogP contribution in [0.2, 0.25) is 0 Å². The molecule has 0 radical (unpaired) electrons. The summed E-state index contributed by atoms with van der Waals surface area (Å²) in [6.45, 7) is 8.06. The third kappa shape index (κ3) is 4.17. The number of carbonyl (C=O) groups is 1. The molecule has 0 aromatic heterocycles. The summed E-state index contributed by atoms with van der Waals surface area (Å²) in [5.74, 6) is 0.0768. The van der Waals surface area contributed by atoms with Crippen molar-refractivity contribution in [3.8, 4) is 0 Å². The summed E-state index contributed by atoms with van der Waals surface area (Å²) >= 11 is 0. The molecule has 1 amide bonds. The van der Waals surface area contributed by atoms with Crippen LogP contribution in [0, 0.1) is 5.92 Å². The van der Waals surface area contributed by atoms with Gasteiger partial charge in [-0.1, -0.05) is 13.8 Å². The molecule has 5 nitrogen and oxygen atoms in total. The SMILES string of the molecule is CC(C)CNC(=O)C(C)OC1CCC2(CC1)OCCO2. The molecule has 2 aliphatic rings. The number of rotatable bonds is 5. The minimum absolute atomic E-state index is 0.0210. The summed E-state index contributed by atoms with van der Waals surface area (Å²) in [6.07, 6.45) is 3.24. The van der Waals surface area contributed by atoms with Gasteiger partial charge >= 0.3 is 0 Å². The van der Waals surface area contributed by atoms with Crippen LogP contribution in [0.5, 0.6) is 0 Å². The lowest BCUT2D eigenvalue weighted by atomic mass is 9.91. The summed E-state index contributed by atoms with van der Waals surface area (Å²) in [6, 6.07) is 0. The Balaban J connectivity index is 1.70. The van der Waals surface area contributed by atoms with E-state index in [9.17, 15) is 4.79 Å². The lowest BCUT2D eigenvalue weighted by Gasteiger charge is -2.36. The largest absolute Gasteiger partial charge is 0.365 e. The Kier molecular flexibility index (Phi) is 5.41. The summed E-state index contributed by atoms with van der Waals surface area (Å²) in [4.78, 5) is 11.9. The zero-order valence-electron chi connectivity index (χ0n) is 12.8. The van der Waals surface area contributed by atoms with Gasteiger partial charge in [-0.3, -0.25) is 4.79 Å². The first-order valence-corrected chi connectivity index (χ1v) is 7.72. The number of amides is 1. The van der Waals surface area contributed by atoms with Crippen molar-refractivity contribution in [3.63, 3.8) is 0 Å². The van der Waals surface area contributed by atoms with Gasteiger partial charge in [0.25, 0.3) is 0 Å². The molecule has 1 N–H and O–H groups in total. The predicted octanol–water partition coefficient (Wildman–Crippen LogP) is 1.85. The highest BCUT2D eigenvalue weighted by Crippen LogP contribution is 2.36. The molecule has 1 spiro atoms. The molecule has 1 atom stereocenters. The van der Waals surface area contributed by atoms with E-state index in [1.807, 2.05) is 6.92 Å². The summed E-state index contributed by atoms with van der Waals surface area (Å²) in [5.41, 5.74) is 0. The second-order valence-corrected chi connectivity index (χ2v) is 6.22. The van der Waals surface area contributed by atoms with Gasteiger partial charge in [0.2, 0.25) is 5.91 Å². The van der Waals surface area contributed by atoms with Crippen molar-refractivity contribution in [1.29, 1.82) is 0 Å². The molecular formula is C15H27NO4. The van der Waals surface area contributed by atoms with Crippen molar-refractivity contribution in [2.75, 3.05) is 19.8 Å². The van der Waals surface area contributed by atoms with E-state index < -0.39 is 6.10 Å². The van der Waals surface area contributed by atoms with Crippen LogP contribution in [0.4, 0.5) is 0 Å². The van der Waals surface area contributed by atoms with Crippen LogP contribution in [0.25, 0.3) is 0 Å². The van der Waals surface area contributed by atoms with Gasteiger partial charge in [-0.15, -0.1) is 0 Å². The molecule has 2 fully saturated rings. The second kappa shape index (κ2) is 6.87. The van der Waals surface area contributed by atoms with Crippen LogP contribution in [0.3, 0.4) is 0 Å². The first-order valence-electron chi connectivity index (χ1n) is 7.72. The lowest BCUT2D eigenvalue weighted by molar-refractivity contribution is -0.195. The fraction of sp³-hybridized carbons (Fsp3) is 0.933. The lowest BCUT2D eigenvalue weighted by Crippen LogP contribution is -2.42. The van der Waals surface area contributed by atoms with E-state index in [2.05, 4.69) is 19.2 Å². The Bertz CT molecular complexity index is 316. The molecule has 0 aromatic carbocycles. The van der Waals surface area contributed by atoms with Gasteiger partial charge < -0.3 is 19.5 Å². The quantitative estimate of drug-likeness (QED) is 0.837. The zero-order valence-corrected chi connectivity index (χ0v) is 12.8. The van der Waals surface area contributed by atoms with Crippen molar-refractivity contribution in [2.45, 2.75) is 64.4 Å². The van der Waals surface area contributed by atoms with Crippen molar-refractivity contribution in [3.05, 3.63) is 0 Å². The minimum atomic E-state index is -0.391. The number of nitrogens with one attached hydrogen (secondary N) is 1. The van der Waals surface area contributed by atoms with Gasteiger partial charge in [0.05, 0.1) is 19.3 Å². The molecule has 20 heavy (non-hydrogen) atoms. The maximum atomic E-state index is 11.9. The molecule has 116 valence electrons. The van der Waals surface area contributed by atoms with Crippen LogP contribution >= 0.6 is 0 Å². The zero-order chi connectivity index (χ0) is 14.6. The average Bonchev–Trinajstić information content (AvgIpc) is 2.87. The molecule has 1 saturated carbocycles. The Hall–Kier alpha value is -0.650. The van der Waals surface area contributed by atoms with Crippen LogP contribution in [0.1, 0.15) is 46.5 Å². The normalized spacial score (nSPS) is 24.2. The van der Waals surface area contributed by atoms with Crippen LogP contribution in [0.15, 0.2) is 0 Å². The van der Waals surface area contributed by atoms with E-state index in [-0.39, 0.29) is 17.8 Å². The third-order valence-electron chi connectivity index (χ3n) is 3.96. The number of hydrogen-bond donors (Lipinski definition) is 1. The Morgan fingerprint density at radius 1 is 1.25 bits per heavy atom. The molecule has 1 heterocycles. The molecule has 1 aliphatic heterocycles. The van der Waals surface area contributed by atoms with E-state index >= 15 is 0 Å². The fourth-order valence-electron chi connectivity index (χ4n) is 2.75. The molecule has 0 bridgehead atoms. The van der Waals surface area contributed by atoms with Gasteiger partial charge in [0, 0.05) is 19.4 Å². The smallest absolute Gasteiger partial charge is 0.248 e. The van der Waals surface area contributed by atoms with E-state index in [1.54, 1.807) is 0 Å². The highest BCUT2D eigenvalue weighted by Gasteiger charge is 2.41. The van der Waals surface area contributed by atoms with E-state index in [4.69, 9.17) is 14.2 Å². The van der Waals surface area contributed by atoms with Gasteiger partial charge in [-0.25, -0.2) is 0 Å². The first-order chi connectivity index (χ1) is 9.51. The maximum Gasteiger partial charge on any atom is 0.248 e. The monoisotopic (exact) mass is 285 g/mol. The highest BCUT2D eigenvalue weighted by molar-refractivity contribution is 5.80. The summed E-state index contributed by atoms with van der Waals surface area (Å²) in [7, 11) is 0. The molecule has 1 aliphatic carbocycles. The Morgan fingerprint density at radius 2 is 1.85 bits per heavy atom. The first kappa shape index (κ1) is 15.7. The van der Waals surface area contributed by atoms with Gasteiger partial charge in [-0.05, 0) is 25.7 Å². The fourth-order valence-corrected chi connectivity index (χ4v) is 2.75. The molecule has 1 saturated heterocycles. The van der Waals surface area contributed by atoms with Crippen LogP contribution < -0.4 is 5.32 Å². The highest BCUT2D eigenvalue weighted by atomic mass is 16.7. The molecule has 2 rings (SSSR count). The molecule has 1 unspecified atom stereocenters. The number of ether oxygens (including phenoxy) is 3. The third-order valence-corrected chi connectivity index (χ3v) is 3.96.